The average Bonchev–Trinajstić information content (AvgIpc) is 2.44. The van der Waals surface area contributed by atoms with E-state index in [1.165, 1.54) is 17.7 Å². The van der Waals surface area contributed by atoms with Crippen LogP contribution in [0.15, 0.2) is 45.3 Å². The van der Waals surface area contributed by atoms with Crippen LogP contribution in [0.1, 0.15) is 18.9 Å². The van der Waals surface area contributed by atoms with Gasteiger partial charge >= 0.3 is 0 Å². The normalized spacial score (nSPS) is 12.0. The molecule has 2 nitrogen and oxygen atoms in total. The van der Waals surface area contributed by atoms with Gasteiger partial charge in [-0.05, 0) is 81.6 Å². The lowest BCUT2D eigenvalue weighted by Gasteiger charge is -2.17. The highest BCUT2D eigenvalue weighted by Gasteiger charge is 2.09. The highest BCUT2D eigenvalue weighted by atomic mass is 79.9. The number of halogens is 3. The summed E-state index contributed by atoms with van der Waals surface area (Å²) in [6.07, 6.45) is 0.739. The molecule has 2 aromatic rings. The van der Waals surface area contributed by atoms with Crippen LogP contribution >= 0.6 is 31.9 Å². The molecule has 2 rings (SSSR count). The van der Waals surface area contributed by atoms with Crippen LogP contribution in [0.5, 0.6) is 11.5 Å². The molecule has 0 N–H and O–H groups in total. The number of ether oxygens (including phenoxy) is 2. The van der Waals surface area contributed by atoms with Crippen molar-refractivity contribution in [3.05, 3.63) is 56.7 Å². The molecule has 0 saturated carbocycles. The zero-order valence-corrected chi connectivity index (χ0v) is 15.6. The Morgan fingerprint density at radius 2 is 1.73 bits per heavy atom. The van der Waals surface area contributed by atoms with Gasteiger partial charge < -0.3 is 9.47 Å². The molecule has 0 spiro atoms. The molecule has 0 bridgehead atoms. The van der Waals surface area contributed by atoms with Crippen LogP contribution in [0.3, 0.4) is 0 Å². The quantitative estimate of drug-likeness (QED) is 0.567. The van der Waals surface area contributed by atoms with Crippen molar-refractivity contribution < 1.29 is 13.9 Å². The molecule has 0 radical (unpaired) electrons. The second kappa shape index (κ2) is 7.97. The zero-order chi connectivity index (χ0) is 16.1. The van der Waals surface area contributed by atoms with Crippen LogP contribution in [0.25, 0.3) is 0 Å². The first kappa shape index (κ1) is 17.3. The fraction of sp³-hybridized carbons (Fsp3) is 0.294. The van der Waals surface area contributed by atoms with Gasteiger partial charge in [0.05, 0.1) is 21.7 Å². The summed E-state index contributed by atoms with van der Waals surface area (Å²) < 4.78 is 26.1. The second-order valence-electron chi connectivity index (χ2n) is 5.07. The van der Waals surface area contributed by atoms with E-state index in [2.05, 4.69) is 31.9 Å². The van der Waals surface area contributed by atoms with E-state index < -0.39 is 0 Å². The summed E-state index contributed by atoms with van der Waals surface area (Å²) in [5.74, 6) is 1.16. The van der Waals surface area contributed by atoms with Crippen LogP contribution < -0.4 is 9.47 Å². The van der Waals surface area contributed by atoms with E-state index in [1.54, 1.807) is 6.07 Å². The molecule has 0 heterocycles. The molecular weight excluding hydrogens is 415 g/mol. The lowest BCUT2D eigenvalue weighted by Crippen LogP contribution is -2.16. The van der Waals surface area contributed by atoms with Crippen molar-refractivity contribution in [3.8, 4) is 11.5 Å². The minimum Gasteiger partial charge on any atom is -0.492 e. The molecule has 0 aliphatic heterocycles. The van der Waals surface area contributed by atoms with E-state index in [-0.39, 0.29) is 11.9 Å². The molecule has 22 heavy (non-hydrogen) atoms. The van der Waals surface area contributed by atoms with E-state index in [4.69, 9.17) is 9.47 Å². The van der Waals surface area contributed by atoms with Crippen LogP contribution in [-0.4, -0.2) is 12.7 Å². The van der Waals surface area contributed by atoms with E-state index in [0.717, 1.165) is 16.6 Å². The van der Waals surface area contributed by atoms with Gasteiger partial charge in [-0.1, -0.05) is 6.07 Å². The van der Waals surface area contributed by atoms with Gasteiger partial charge in [0.2, 0.25) is 0 Å². The number of hydrogen-bond acceptors (Lipinski definition) is 2. The third-order valence-electron chi connectivity index (χ3n) is 3.09. The van der Waals surface area contributed by atoms with Gasteiger partial charge in [-0.3, -0.25) is 0 Å². The first-order chi connectivity index (χ1) is 10.5. The fourth-order valence-corrected chi connectivity index (χ4v) is 2.96. The van der Waals surface area contributed by atoms with Gasteiger partial charge in [0, 0.05) is 6.42 Å². The maximum atomic E-state index is 13.0. The third kappa shape index (κ3) is 4.99. The maximum Gasteiger partial charge on any atom is 0.133 e. The fourth-order valence-electron chi connectivity index (χ4n) is 1.90. The van der Waals surface area contributed by atoms with Crippen molar-refractivity contribution in [3.63, 3.8) is 0 Å². The molecular formula is C17H17Br2FO2. The van der Waals surface area contributed by atoms with Crippen LogP contribution in [-0.2, 0) is 0 Å². The van der Waals surface area contributed by atoms with Crippen LogP contribution in [0.2, 0.25) is 0 Å². The van der Waals surface area contributed by atoms with E-state index in [9.17, 15) is 4.39 Å². The lowest BCUT2D eigenvalue weighted by molar-refractivity contribution is 0.175. The highest BCUT2D eigenvalue weighted by molar-refractivity contribution is 9.10. The smallest absolute Gasteiger partial charge is 0.133 e. The van der Waals surface area contributed by atoms with E-state index >= 15 is 0 Å². The Bertz CT molecular complexity index is 647. The van der Waals surface area contributed by atoms with Crippen molar-refractivity contribution >= 4 is 31.9 Å². The van der Waals surface area contributed by atoms with Gasteiger partial charge in [0.1, 0.15) is 17.3 Å². The minimum atomic E-state index is -0.292. The minimum absolute atomic E-state index is 0.0122. The number of benzene rings is 2. The number of aryl methyl sites for hydroxylation is 1. The summed E-state index contributed by atoms with van der Waals surface area (Å²) in [6, 6.07) is 10.4. The van der Waals surface area contributed by atoms with Gasteiger partial charge in [-0.15, -0.1) is 0 Å². The second-order valence-corrected chi connectivity index (χ2v) is 6.78. The summed E-state index contributed by atoms with van der Waals surface area (Å²) in [5, 5.41) is 0. The Morgan fingerprint density at radius 3 is 2.41 bits per heavy atom. The van der Waals surface area contributed by atoms with Crippen molar-refractivity contribution in [2.45, 2.75) is 26.4 Å². The number of rotatable bonds is 6. The molecule has 0 amide bonds. The molecule has 1 unspecified atom stereocenters. The van der Waals surface area contributed by atoms with Gasteiger partial charge in [-0.25, -0.2) is 4.39 Å². The van der Waals surface area contributed by atoms with Gasteiger partial charge in [-0.2, -0.15) is 0 Å². The first-order valence-corrected chi connectivity index (χ1v) is 8.55. The van der Waals surface area contributed by atoms with Crippen LogP contribution in [0, 0.1) is 12.7 Å². The Labute approximate surface area is 146 Å². The lowest BCUT2D eigenvalue weighted by atomic mass is 10.2. The SMILES string of the molecule is Cc1ccc(OC(C)CCOc2ccc(F)cc2Br)c(Br)c1. The number of hydrogen-bond donors (Lipinski definition) is 0. The third-order valence-corrected chi connectivity index (χ3v) is 4.33. The Morgan fingerprint density at radius 1 is 1.05 bits per heavy atom. The van der Waals surface area contributed by atoms with E-state index in [0.29, 0.717) is 16.8 Å². The monoisotopic (exact) mass is 430 g/mol. The topological polar surface area (TPSA) is 18.5 Å². The Hall–Kier alpha value is -1.07. The summed E-state index contributed by atoms with van der Waals surface area (Å²) in [7, 11) is 0. The van der Waals surface area contributed by atoms with Gasteiger partial charge in [0.25, 0.3) is 0 Å². The van der Waals surface area contributed by atoms with Crippen molar-refractivity contribution in [2.24, 2.45) is 0 Å². The average molecular weight is 432 g/mol. The predicted molar refractivity (Wildman–Crippen MR) is 93.2 cm³/mol. The Balaban J connectivity index is 1.83. The summed E-state index contributed by atoms with van der Waals surface area (Å²) in [4.78, 5) is 0. The molecule has 5 heteroatoms. The highest BCUT2D eigenvalue weighted by Crippen LogP contribution is 2.28. The molecule has 0 fully saturated rings. The molecule has 0 aliphatic carbocycles. The van der Waals surface area contributed by atoms with Gasteiger partial charge in [0.15, 0.2) is 0 Å². The largest absolute Gasteiger partial charge is 0.492 e. The summed E-state index contributed by atoms with van der Waals surface area (Å²) in [6.45, 7) is 4.52. The molecule has 0 aliphatic rings. The van der Waals surface area contributed by atoms with Crippen molar-refractivity contribution in [1.82, 2.24) is 0 Å². The predicted octanol–water partition coefficient (Wildman–Crippen LogP) is 5.90. The molecule has 1 atom stereocenters. The van der Waals surface area contributed by atoms with Crippen molar-refractivity contribution in [2.75, 3.05) is 6.61 Å². The standard InChI is InChI=1S/C17H17Br2FO2/c1-11-3-5-17(14(18)9-11)22-12(2)7-8-21-16-6-4-13(20)10-15(16)19/h3-6,9-10,12H,7-8H2,1-2H3. The molecule has 2 aromatic carbocycles. The van der Waals surface area contributed by atoms with Crippen LogP contribution in [0.4, 0.5) is 4.39 Å². The molecule has 0 saturated heterocycles. The summed E-state index contributed by atoms with van der Waals surface area (Å²) >= 11 is 6.78. The molecule has 0 aromatic heterocycles. The zero-order valence-electron chi connectivity index (χ0n) is 12.4. The molecule has 118 valence electrons. The maximum absolute atomic E-state index is 13.0. The Kier molecular flexibility index (Phi) is 6.26. The summed E-state index contributed by atoms with van der Waals surface area (Å²) in [5.41, 5.74) is 1.18. The first-order valence-electron chi connectivity index (χ1n) is 6.96. The van der Waals surface area contributed by atoms with Crippen molar-refractivity contribution in [1.29, 1.82) is 0 Å². The van der Waals surface area contributed by atoms with E-state index in [1.807, 2.05) is 32.0 Å².